The Morgan fingerprint density at radius 2 is 1.84 bits per heavy atom. The molecule has 7 nitrogen and oxygen atoms in total. The van der Waals surface area contributed by atoms with Gasteiger partial charge in [0.15, 0.2) is 12.4 Å². The van der Waals surface area contributed by atoms with Crippen molar-refractivity contribution in [1.82, 2.24) is 14.8 Å². The van der Waals surface area contributed by atoms with Gasteiger partial charge in [0.25, 0.3) is 5.91 Å². The first kappa shape index (κ1) is 20.4. The van der Waals surface area contributed by atoms with Gasteiger partial charge in [0, 0.05) is 6.54 Å². The second kappa shape index (κ2) is 9.30. The highest BCUT2D eigenvalue weighted by atomic mass is 16.5. The molecule has 0 aliphatic rings. The van der Waals surface area contributed by atoms with Crippen molar-refractivity contribution in [2.45, 2.75) is 26.3 Å². The Kier molecular flexibility index (Phi) is 6.12. The SMILES string of the molecule is CC(C)c1ccc(CNc2nc(-c3ccco3)nn2C(=O)COc2ccccc2)cc1. The first-order valence-electron chi connectivity index (χ1n) is 10.1. The average molecular weight is 416 g/mol. The monoisotopic (exact) mass is 416 g/mol. The van der Waals surface area contributed by atoms with E-state index in [0.29, 0.717) is 35.7 Å². The number of hydrogen-bond donors (Lipinski definition) is 1. The van der Waals surface area contributed by atoms with Crippen LogP contribution in [0.2, 0.25) is 0 Å². The largest absolute Gasteiger partial charge is 0.484 e. The van der Waals surface area contributed by atoms with Crippen molar-refractivity contribution >= 4 is 11.9 Å². The van der Waals surface area contributed by atoms with E-state index in [1.807, 2.05) is 18.2 Å². The fourth-order valence-corrected chi connectivity index (χ4v) is 3.04. The van der Waals surface area contributed by atoms with Gasteiger partial charge in [0.1, 0.15) is 5.75 Å². The summed E-state index contributed by atoms with van der Waals surface area (Å²) >= 11 is 0. The number of nitrogens with one attached hydrogen (secondary N) is 1. The van der Waals surface area contributed by atoms with Crippen molar-refractivity contribution in [3.8, 4) is 17.3 Å². The Morgan fingerprint density at radius 3 is 2.52 bits per heavy atom. The molecule has 2 aromatic carbocycles. The number of rotatable bonds is 8. The van der Waals surface area contributed by atoms with Gasteiger partial charge < -0.3 is 14.5 Å². The molecule has 4 rings (SSSR count). The number of para-hydroxylation sites is 1. The molecule has 0 bridgehead atoms. The molecule has 0 radical (unpaired) electrons. The third-order valence-electron chi connectivity index (χ3n) is 4.79. The summed E-state index contributed by atoms with van der Waals surface area (Å²) in [6.45, 7) is 4.66. The molecule has 7 heteroatoms. The third-order valence-corrected chi connectivity index (χ3v) is 4.79. The average Bonchev–Trinajstić information content (AvgIpc) is 3.47. The summed E-state index contributed by atoms with van der Waals surface area (Å²) in [6, 6.07) is 21.0. The predicted molar refractivity (Wildman–Crippen MR) is 118 cm³/mol. The number of ether oxygens (including phenoxy) is 1. The molecule has 1 N–H and O–H groups in total. The Balaban J connectivity index is 1.51. The zero-order chi connectivity index (χ0) is 21.6. The van der Waals surface area contributed by atoms with Crippen LogP contribution in [0.25, 0.3) is 11.6 Å². The van der Waals surface area contributed by atoms with E-state index in [1.165, 1.54) is 10.2 Å². The minimum absolute atomic E-state index is 0.164. The zero-order valence-corrected chi connectivity index (χ0v) is 17.5. The fourth-order valence-electron chi connectivity index (χ4n) is 3.04. The number of anilines is 1. The molecule has 158 valence electrons. The minimum atomic E-state index is -0.341. The van der Waals surface area contributed by atoms with Crippen LogP contribution < -0.4 is 10.1 Å². The van der Waals surface area contributed by atoms with Crippen LogP contribution in [0.15, 0.2) is 77.4 Å². The highest BCUT2D eigenvalue weighted by Gasteiger charge is 2.19. The lowest BCUT2D eigenvalue weighted by Crippen LogP contribution is -2.22. The van der Waals surface area contributed by atoms with Gasteiger partial charge in [0.2, 0.25) is 11.8 Å². The molecule has 0 spiro atoms. The summed E-state index contributed by atoms with van der Waals surface area (Å²) in [4.78, 5) is 17.3. The summed E-state index contributed by atoms with van der Waals surface area (Å²) in [7, 11) is 0. The van der Waals surface area contributed by atoms with Crippen LogP contribution in [-0.4, -0.2) is 27.3 Å². The lowest BCUT2D eigenvalue weighted by molar-refractivity contribution is 0.0824. The number of furan rings is 1. The standard InChI is InChI=1S/C24H24N4O3/c1-17(2)19-12-10-18(11-13-19)15-25-24-26-23(21-9-6-14-30-21)27-28(24)22(29)16-31-20-7-4-3-5-8-20/h3-14,17H,15-16H2,1-2H3,(H,25,26,27). The van der Waals surface area contributed by atoms with Crippen molar-refractivity contribution in [2.24, 2.45) is 0 Å². The van der Waals surface area contributed by atoms with Gasteiger partial charge in [-0.05, 0) is 41.3 Å². The Bertz CT molecular complexity index is 1120. The topological polar surface area (TPSA) is 82.2 Å². The minimum Gasteiger partial charge on any atom is -0.484 e. The lowest BCUT2D eigenvalue weighted by atomic mass is 10.0. The molecule has 0 saturated carbocycles. The van der Waals surface area contributed by atoms with Gasteiger partial charge in [-0.15, -0.1) is 5.10 Å². The van der Waals surface area contributed by atoms with Crippen LogP contribution in [0.4, 0.5) is 5.95 Å². The van der Waals surface area contributed by atoms with Crippen LogP contribution in [0.3, 0.4) is 0 Å². The van der Waals surface area contributed by atoms with Crippen LogP contribution in [0, 0.1) is 0 Å². The number of nitrogens with zero attached hydrogens (tertiary/aromatic N) is 3. The van der Waals surface area contributed by atoms with E-state index in [0.717, 1.165) is 5.56 Å². The van der Waals surface area contributed by atoms with Gasteiger partial charge in [-0.25, -0.2) is 0 Å². The van der Waals surface area contributed by atoms with Gasteiger partial charge in [0.05, 0.1) is 6.26 Å². The molecule has 0 aliphatic heterocycles. The maximum Gasteiger partial charge on any atom is 0.287 e. The maximum absolute atomic E-state index is 12.8. The molecule has 2 heterocycles. The van der Waals surface area contributed by atoms with Crippen molar-refractivity contribution in [1.29, 1.82) is 0 Å². The van der Waals surface area contributed by atoms with E-state index in [-0.39, 0.29) is 12.5 Å². The molecule has 0 amide bonds. The molecule has 0 fully saturated rings. The summed E-state index contributed by atoms with van der Waals surface area (Å²) in [5.41, 5.74) is 2.35. The predicted octanol–water partition coefficient (Wildman–Crippen LogP) is 4.99. The Morgan fingerprint density at radius 1 is 1.06 bits per heavy atom. The zero-order valence-electron chi connectivity index (χ0n) is 17.5. The van der Waals surface area contributed by atoms with E-state index in [4.69, 9.17) is 9.15 Å². The van der Waals surface area contributed by atoms with Crippen LogP contribution in [0.1, 0.15) is 35.7 Å². The quantitative estimate of drug-likeness (QED) is 0.436. The molecule has 0 atom stereocenters. The van der Waals surface area contributed by atoms with Gasteiger partial charge >= 0.3 is 0 Å². The second-order valence-electron chi connectivity index (χ2n) is 7.39. The summed E-state index contributed by atoms with van der Waals surface area (Å²) in [6.07, 6.45) is 1.54. The number of carbonyl (C=O) groups is 1. The second-order valence-corrected chi connectivity index (χ2v) is 7.39. The van der Waals surface area contributed by atoms with Gasteiger partial charge in [-0.1, -0.05) is 56.3 Å². The van der Waals surface area contributed by atoms with E-state index in [9.17, 15) is 4.79 Å². The van der Waals surface area contributed by atoms with E-state index in [2.05, 4.69) is 53.5 Å². The van der Waals surface area contributed by atoms with Gasteiger partial charge in [-0.3, -0.25) is 4.79 Å². The highest BCUT2D eigenvalue weighted by molar-refractivity contribution is 5.82. The molecule has 0 unspecified atom stereocenters. The molecule has 2 aromatic heterocycles. The first-order chi connectivity index (χ1) is 15.1. The number of carbonyl (C=O) groups excluding carboxylic acids is 1. The molecule has 4 aromatic rings. The lowest BCUT2D eigenvalue weighted by Gasteiger charge is -2.10. The van der Waals surface area contributed by atoms with E-state index >= 15 is 0 Å². The van der Waals surface area contributed by atoms with Crippen LogP contribution in [0.5, 0.6) is 5.75 Å². The van der Waals surface area contributed by atoms with Crippen molar-refractivity contribution in [3.63, 3.8) is 0 Å². The van der Waals surface area contributed by atoms with E-state index < -0.39 is 0 Å². The fraction of sp³-hybridized carbons (Fsp3) is 0.208. The normalized spacial score (nSPS) is 10.9. The Labute approximate surface area is 180 Å². The van der Waals surface area contributed by atoms with Crippen LogP contribution >= 0.6 is 0 Å². The van der Waals surface area contributed by atoms with Gasteiger partial charge in [-0.2, -0.15) is 9.67 Å². The molecular formula is C24H24N4O3. The number of aromatic nitrogens is 3. The van der Waals surface area contributed by atoms with Crippen molar-refractivity contribution in [2.75, 3.05) is 11.9 Å². The smallest absolute Gasteiger partial charge is 0.287 e. The summed E-state index contributed by atoms with van der Waals surface area (Å²) in [5.74, 6) is 1.90. The Hall–Kier alpha value is -3.87. The number of hydrogen-bond acceptors (Lipinski definition) is 6. The molecule has 31 heavy (non-hydrogen) atoms. The molecule has 0 aliphatic carbocycles. The number of benzene rings is 2. The maximum atomic E-state index is 12.8. The van der Waals surface area contributed by atoms with E-state index in [1.54, 1.807) is 30.5 Å². The summed E-state index contributed by atoms with van der Waals surface area (Å²) < 4.78 is 12.2. The first-order valence-corrected chi connectivity index (χ1v) is 10.1. The van der Waals surface area contributed by atoms with Crippen LogP contribution in [-0.2, 0) is 6.54 Å². The highest BCUT2D eigenvalue weighted by Crippen LogP contribution is 2.20. The molecular weight excluding hydrogens is 392 g/mol. The summed E-state index contributed by atoms with van der Waals surface area (Å²) in [5, 5.41) is 7.55. The molecule has 0 saturated heterocycles. The third kappa shape index (κ3) is 5.01. The van der Waals surface area contributed by atoms with Crippen molar-refractivity contribution < 1.29 is 13.9 Å². The van der Waals surface area contributed by atoms with Crippen molar-refractivity contribution in [3.05, 3.63) is 84.1 Å².